The van der Waals surface area contributed by atoms with Gasteiger partial charge in [0.05, 0.1) is 0 Å². The fourth-order valence-corrected chi connectivity index (χ4v) is 2.49. The molecule has 0 saturated heterocycles. The second kappa shape index (κ2) is 6.75. The lowest BCUT2D eigenvalue weighted by molar-refractivity contribution is 0.271. The molecule has 1 aliphatic carbocycles. The van der Waals surface area contributed by atoms with Crippen LogP contribution in [0.4, 0.5) is 0 Å². The molecule has 1 aliphatic rings. The minimum atomic E-state index is 0.409. The number of halogens is 1. The van der Waals surface area contributed by atoms with E-state index in [4.69, 9.17) is 11.6 Å². The van der Waals surface area contributed by atoms with E-state index in [1.54, 1.807) is 0 Å². The van der Waals surface area contributed by atoms with Crippen molar-refractivity contribution in [2.24, 2.45) is 5.41 Å². The van der Waals surface area contributed by atoms with Crippen molar-refractivity contribution >= 4 is 11.6 Å². The van der Waals surface area contributed by atoms with Crippen LogP contribution in [0.15, 0.2) is 0 Å². The van der Waals surface area contributed by atoms with Crippen molar-refractivity contribution in [3.05, 3.63) is 0 Å². The van der Waals surface area contributed by atoms with Gasteiger partial charge >= 0.3 is 0 Å². The first kappa shape index (κ1) is 13.3. The van der Waals surface area contributed by atoms with E-state index in [0.717, 1.165) is 24.9 Å². The summed E-state index contributed by atoms with van der Waals surface area (Å²) in [7, 11) is 0. The second-order valence-corrected chi connectivity index (χ2v) is 6.05. The van der Waals surface area contributed by atoms with Gasteiger partial charge in [-0.2, -0.15) is 0 Å². The lowest BCUT2D eigenvalue weighted by Crippen LogP contribution is -2.38. The van der Waals surface area contributed by atoms with Crippen LogP contribution in [-0.2, 0) is 0 Å². The zero-order chi connectivity index (χ0) is 11.1. The molecule has 0 unspecified atom stereocenters. The predicted molar refractivity (Wildman–Crippen MR) is 68.6 cm³/mol. The van der Waals surface area contributed by atoms with E-state index < -0.39 is 0 Å². The molecule has 0 bridgehead atoms. The highest BCUT2D eigenvalue weighted by Gasteiger charge is 2.20. The van der Waals surface area contributed by atoms with E-state index in [1.165, 1.54) is 38.5 Å². The van der Waals surface area contributed by atoms with Gasteiger partial charge < -0.3 is 5.32 Å². The molecule has 0 aliphatic heterocycles. The predicted octanol–water partition coefficient (Wildman–Crippen LogP) is 3.95. The van der Waals surface area contributed by atoms with Crippen molar-refractivity contribution in [1.82, 2.24) is 5.32 Å². The largest absolute Gasteiger partial charge is 0.313 e. The summed E-state index contributed by atoms with van der Waals surface area (Å²) in [6, 6.07) is 0.786. The second-order valence-electron chi connectivity index (χ2n) is 5.67. The molecule has 15 heavy (non-hydrogen) atoms. The maximum atomic E-state index is 5.74. The summed E-state index contributed by atoms with van der Waals surface area (Å²) in [5, 5.41) is 3.73. The zero-order valence-electron chi connectivity index (χ0n) is 10.3. The molecular weight excluding hydrogens is 206 g/mol. The van der Waals surface area contributed by atoms with Gasteiger partial charge in [0.1, 0.15) is 0 Å². The van der Waals surface area contributed by atoms with Gasteiger partial charge in [0.2, 0.25) is 0 Å². The SMILES string of the molecule is CC(C)(CCCCl)CNC1CCCCC1. The highest BCUT2D eigenvalue weighted by atomic mass is 35.5. The molecular formula is C13H26ClN. The van der Waals surface area contributed by atoms with Crippen molar-refractivity contribution in [3.63, 3.8) is 0 Å². The molecule has 0 radical (unpaired) electrons. The average molecular weight is 232 g/mol. The van der Waals surface area contributed by atoms with Gasteiger partial charge in [-0.15, -0.1) is 11.6 Å². The molecule has 1 fully saturated rings. The molecule has 1 rings (SSSR count). The smallest absolute Gasteiger partial charge is 0.0223 e. The third-order valence-corrected chi connectivity index (χ3v) is 3.73. The summed E-state index contributed by atoms with van der Waals surface area (Å²) < 4.78 is 0. The highest BCUT2D eigenvalue weighted by Crippen LogP contribution is 2.23. The Hall–Kier alpha value is 0.250. The van der Waals surface area contributed by atoms with Crippen molar-refractivity contribution in [3.8, 4) is 0 Å². The molecule has 0 heterocycles. The standard InChI is InChI=1S/C13H26ClN/c1-13(2,9-6-10-14)11-15-12-7-4-3-5-8-12/h12,15H,3-11H2,1-2H3. The van der Waals surface area contributed by atoms with E-state index in [1.807, 2.05) is 0 Å². The summed E-state index contributed by atoms with van der Waals surface area (Å²) >= 11 is 5.74. The zero-order valence-corrected chi connectivity index (χ0v) is 11.1. The maximum absolute atomic E-state index is 5.74. The van der Waals surface area contributed by atoms with Crippen molar-refractivity contribution in [2.45, 2.75) is 64.8 Å². The van der Waals surface area contributed by atoms with Crippen LogP contribution in [0.5, 0.6) is 0 Å². The fraction of sp³-hybridized carbons (Fsp3) is 1.00. The van der Waals surface area contributed by atoms with Crippen LogP contribution in [0.1, 0.15) is 58.8 Å². The molecule has 1 nitrogen and oxygen atoms in total. The fourth-order valence-electron chi connectivity index (χ4n) is 2.36. The first-order chi connectivity index (χ1) is 7.14. The third kappa shape index (κ3) is 5.77. The van der Waals surface area contributed by atoms with Gasteiger partial charge in [-0.1, -0.05) is 33.1 Å². The first-order valence-corrected chi connectivity index (χ1v) is 6.97. The van der Waals surface area contributed by atoms with Crippen molar-refractivity contribution in [1.29, 1.82) is 0 Å². The third-order valence-electron chi connectivity index (χ3n) is 3.46. The van der Waals surface area contributed by atoms with Crippen LogP contribution in [0.3, 0.4) is 0 Å². The molecule has 0 aromatic rings. The molecule has 0 atom stereocenters. The van der Waals surface area contributed by atoms with Gasteiger partial charge in [0.15, 0.2) is 0 Å². The average Bonchev–Trinajstić information content (AvgIpc) is 2.25. The summed E-state index contributed by atoms with van der Waals surface area (Å²) in [4.78, 5) is 0. The van der Waals surface area contributed by atoms with Crippen LogP contribution < -0.4 is 5.32 Å². The van der Waals surface area contributed by atoms with Crippen molar-refractivity contribution < 1.29 is 0 Å². The maximum Gasteiger partial charge on any atom is 0.0223 e. The van der Waals surface area contributed by atoms with Crippen LogP contribution in [-0.4, -0.2) is 18.5 Å². The highest BCUT2D eigenvalue weighted by molar-refractivity contribution is 6.17. The lowest BCUT2D eigenvalue weighted by atomic mass is 9.87. The molecule has 0 aromatic heterocycles. The van der Waals surface area contributed by atoms with Crippen LogP contribution >= 0.6 is 11.6 Å². The number of hydrogen-bond acceptors (Lipinski definition) is 1. The number of hydrogen-bond donors (Lipinski definition) is 1. The molecule has 90 valence electrons. The summed E-state index contributed by atoms with van der Waals surface area (Å²) in [5.74, 6) is 0.798. The quantitative estimate of drug-likeness (QED) is 0.683. The van der Waals surface area contributed by atoms with Crippen molar-refractivity contribution in [2.75, 3.05) is 12.4 Å². The molecule has 0 aromatic carbocycles. The molecule has 0 spiro atoms. The number of alkyl halides is 1. The van der Waals surface area contributed by atoms with Gasteiger partial charge in [-0.05, 0) is 31.1 Å². The summed E-state index contributed by atoms with van der Waals surface area (Å²) in [6.07, 6.45) is 9.40. The van der Waals surface area contributed by atoms with Gasteiger partial charge in [0.25, 0.3) is 0 Å². The normalized spacial score (nSPS) is 19.4. The van der Waals surface area contributed by atoms with E-state index in [0.29, 0.717) is 5.41 Å². The summed E-state index contributed by atoms with van der Waals surface area (Å²) in [5.41, 5.74) is 0.409. The Labute approximate surface area is 100.0 Å². The molecule has 0 amide bonds. The minimum Gasteiger partial charge on any atom is -0.313 e. The molecule has 1 saturated carbocycles. The Bertz CT molecular complexity index is 162. The Morgan fingerprint density at radius 2 is 1.87 bits per heavy atom. The van der Waals surface area contributed by atoms with Crippen LogP contribution in [0.2, 0.25) is 0 Å². The molecule has 1 N–H and O–H groups in total. The van der Waals surface area contributed by atoms with E-state index in [9.17, 15) is 0 Å². The summed E-state index contributed by atoms with van der Waals surface area (Å²) in [6.45, 7) is 5.83. The topological polar surface area (TPSA) is 12.0 Å². The number of nitrogens with one attached hydrogen (secondary N) is 1. The first-order valence-electron chi connectivity index (χ1n) is 6.43. The van der Waals surface area contributed by atoms with Crippen LogP contribution in [0.25, 0.3) is 0 Å². The lowest BCUT2D eigenvalue weighted by Gasteiger charge is -2.30. The van der Waals surface area contributed by atoms with E-state index in [-0.39, 0.29) is 0 Å². The van der Waals surface area contributed by atoms with Gasteiger partial charge in [-0.25, -0.2) is 0 Å². The Balaban J connectivity index is 2.15. The van der Waals surface area contributed by atoms with E-state index >= 15 is 0 Å². The van der Waals surface area contributed by atoms with Crippen LogP contribution in [0, 0.1) is 5.41 Å². The molecule has 2 heteroatoms. The Morgan fingerprint density at radius 1 is 1.20 bits per heavy atom. The van der Waals surface area contributed by atoms with Gasteiger partial charge in [-0.3, -0.25) is 0 Å². The minimum absolute atomic E-state index is 0.409. The Morgan fingerprint density at radius 3 is 2.47 bits per heavy atom. The monoisotopic (exact) mass is 231 g/mol. The number of rotatable bonds is 6. The van der Waals surface area contributed by atoms with E-state index in [2.05, 4.69) is 19.2 Å². The Kier molecular flexibility index (Phi) is 5.99. The van der Waals surface area contributed by atoms with Gasteiger partial charge in [0, 0.05) is 18.5 Å².